The van der Waals surface area contributed by atoms with Crippen LogP contribution < -0.4 is 10.2 Å². The molecule has 0 aliphatic carbocycles. The van der Waals surface area contributed by atoms with Crippen LogP contribution in [-0.2, 0) is 0 Å². The highest BCUT2D eigenvalue weighted by Crippen LogP contribution is 2.16. The maximum Gasteiger partial charge on any atom is 0.125 e. The fourth-order valence-electron chi connectivity index (χ4n) is 2.00. The lowest BCUT2D eigenvalue weighted by molar-refractivity contribution is 0.529. The van der Waals surface area contributed by atoms with E-state index >= 15 is 0 Å². The Morgan fingerprint density at radius 2 is 2.41 bits per heavy atom. The van der Waals surface area contributed by atoms with Crippen molar-refractivity contribution in [1.82, 2.24) is 5.32 Å². The quantitative estimate of drug-likeness (QED) is 0.888. The summed E-state index contributed by atoms with van der Waals surface area (Å²) in [7, 11) is 2.02. The minimum Gasteiger partial charge on any atom is -0.374 e. The molecular formula is C13H19FN2S. The number of anilines is 1. The number of thioether (sulfide) groups is 1. The molecule has 1 atom stereocenters. The smallest absolute Gasteiger partial charge is 0.125 e. The lowest BCUT2D eigenvalue weighted by Crippen LogP contribution is -2.39. The molecule has 1 aliphatic rings. The molecule has 1 N–H and O–H groups in total. The van der Waals surface area contributed by atoms with Gasteiger partial charge in [0.1, 0.15) is 5.82 Å². The Labute approximate surface area is 107 Å². The molecule has 1 saturated heterocycles. The number of benzene rings is 1. The van der Waals surface area contributed by atoms with Crippen molar-refractivity contribution in [2.75, 3.05) is 36.5 Å². The van der Waals surface area contributed by atoms with Crippen LogP contribution in [-0.4, -0.2) is 37.7 Å². The second kappa shape index (κ2) is 6.26. The topological polar surface area (TPSA) is 15.3 Å². The fourth-order valence-corrected chi connectivity index (χ4v) is 3.00. The minimum atomic E-state index is -0.166. The zero-order valence-corrected chi connectivity index (χ0v) is 11.0. The van der Waals surface area contributed by atoms with Gasteiger partial charge in [-0.15, -0.1) is 0 Å². The van der Waals surface area contributed by atoms with Crippen molar-refractivity contribution in [3.8, 4) is 0 Å². The first-order chi connectivity index (χ1) is 8.25. The van der Waals surface area contributed by atoms with Gasteiger partial charge in [-0.2, -0.15) is 11.8 Å². The summed E-state index contributed by atoms with van der Waals surface area (Å²) in [5, 5.41) is 3.52. The fraction of sp³-hybridized carbons (Fsp3) is 0.538. The first-order valence-corrected chi connectivity index (χ1v) is 7.19. The largest absolute Gasteiger partial charge is 0.374 e. The molecule has 1 aliphatic heterocycles. The molecule has 0 saturated carbocycles. The molecule has 4 heteroatoms. The molecule has 2 nitrogen and oxygen atoms in total. The average molecular weight is 254 g/mol. The Balaban J connectivity index is 1.82. The number of halogens is 1. The van der Waals surface area contributed by atoms with Crippen molar-refractivity contribution >= 4 is 17.4 Å². The highest BCUT2D eigenvalue weighted by atomic mass is 32.2. The van der Waals surface area contributed by atoms with E-state index in [1.165, 1.54) is 17.6 Å². The van der Waals surface area contributed by atoms with Gasteiger partial charge in [0.2, 0.25) is 0 Å². The van der Waals surface area contributed by atoms with E-state index in [9.17, 15) is 4.39 Å². The Bertz CT molecular complexity index is 353. The van der Waals surface area contributed by atoms with Crippen LogP contribution in [0.5, 0.6) is 0 Å². The van der Waals surface area contributed by atoms with Crippen LogP contribution in [0.1, 0.15) is 6.42 Å². The zero-order chi connectivity index (χ0) is 12.1. The number of hydrogen-bond donors (Lipinski definition) is 1. The summed E-state index contributed by atoms with van der Waals surface area (Å²) in [4.78, 5) is 2.12. The normalized spacial score (nSPS) is 20.2. The zero-order valence-electron chi connectivity index (χ0n) is 10.2. The van der Waals surface area contributed by atoms with Gasteiger partial charge in [-0.05, 0) is 24.6 Å². The summed E-state index contributed by atoms with van der Waals surface area (Å²) in [6.07, 6.45) is 1.11. The van der Waals surface area contributed by atoms with E-state index in [4.69, 9.17) is 0 Å². The third-order valence-electron chi connectivity index (χ3n) is 3.06. The van der Waals surface area contributed by atoms with Gasteiger partial charge in [0.15, 0.2) is 0 Å². The lowest BCUT2D eigenvalue weighted by Gasteiger charge is -2.26. The maximum atomic E-state index is 13.1. The van der Waals surface area contributed by atoms with Gasteiger partial charge in [-0.3, -0.25) is 0 Å². The molecule has 1 unspecified atom stereocenters. The highest BCUT2D eigenvalue weighted by Gasteiger charge is 2.13. The molecule has 0 spiro atoms. The van der Waals surface area contributed by atoms with E-state index in [1.807, 2.05) is 24.9 Å². The Kier molecular flexibility index (Phi) is 4.68. The van der Waals surface area contributed by atoms with E-state index < -0.39 is 0 Å². The summed E-state index contributed by atoms with van der Waals surface area (Å²) in [5.41, 5.74) is 0.952. The van der Waals surface area contributed by atoms with Crippen molar-refractivity contribution in [3.05, 3.63) is 30.1 Å². The van der Waals surface area contributed by atoms with Gasteiger partial charge in [0.25, 0.3) is 0 Å². The Morgan fingerprint density at radius 1 is 1.53 bits per heavy atom. The molecule has 94 valence electrons. The predicted molar refractivity (Wildman–Crippen MR) is 73.4 cm³/mol. The van der Waals surface area contributed by atoms with Crippen LogP contribution >= 0.6 is 11.8 Å². The van der Waals surface area contributed by atoms with Crippen LogP contribution in [0.15, 0.2) is 24.3 Å². The van der Waals surface area contributed by atoms with Gasteiger partial charge < -0.3 is 10.2 Å². The van der Waals surface area contributed by atoms with Crippen LogP contribution in [0.3, 0.4) is 0 Å². The summed E-state index contributed by atoms with van der Waals surface area (Å²) in [6.45, 7) is 2.07. The summed E-state index contributed by atoms with van der Waals surface area (Å²) in [6, 6.07) is 7.38. The standard InChI is InChI=1S/C13H19FN2S/c1-16(13-4-2-3-11(14)9-13)7-5-12-10-17-8-6-15-12/h2-4,9,12,15H,5-8,10H2,1H3. The maximum absolute atomic E-state index is 13.1. The van der Waals surface area contributed by atoms with Crippen LogP contribution in [0.25, 0.3) is 0 Å². The summed E-state index contributed by atoms with van der Waals surface area (Å²) < 4.78 is 13.1. The van der Waals surface area contributed by atoms with E-state index in [-0.39, 0.29) is 5.82 Å². The van der Waals surface area contributed by atoms with Crippen LogP contribution in [0.2, 0.25) is 0 Å². The molecule has 0 bridgehead atoms. The number of nitrogens with one attached hydrogen (secondary N) is 1. The number of rotatable bonds is 4. The van der Waals surface area contributed by atoms with Crippen molar-refractivity contribution in [3.63, 3.8) is 0 Å². The number of hydrogen-bond acceptors (Lipinski definition) is 3. The SMILES string of the molecule is CN(CCC1CSCCN1)c1cccc(F)c1. The Hall–Kier alpha value is -0.740. The van der Waals surface area contributed by atoms with Gasteiger partial charge >= 0.3 is 0 Å². The van der Waals surface area contributed by atoms with E-state index in [1.54, 1.807) is 12.1 Å². The van der Waals surface area contributed by atoms with Crippen molar-refractivity contribution < 1.29 is 4.39 Å². The molecule has 17 heavy (non-hydrogen) atoms. The Morgan fingerprint density at radius 3 is 3.12 bits per heavy atom. The third-order valence-corrected chi connectivity index (χ3v) is 4.19. The van der Waals surface area contributed by atoms with Crippen LogP contribution in [0, 0.1) is 5.82 Å². The molecular weight excluding hydrogens is 235 g/mol. The molecule has 0 radical (unpaired) electrons. The van der Waals surface area contributed by atoms with Gasteiger partial charge in [-0.1, -0.05) is 6.07 Å². The van der Waals surface area contributed by atoms with Gasteiger partial charge in [-0.25, -0.2) is 4.39 Å². The van der Waals surface area contributed by atoms with E-state index in [2.05, 4.69) is 10.2 Å². The lowest BCUT2D eigenvalue weighted by atomic mass is 10.2. The molecule has 1 heterocycles. The van der Waals surface area contributed by atoms with Crippen molar-refractivity contribution in [2.24, 2.45) is 0 Å². The number of nitrogens with zero attached hydrogens (tertiary/aromatic N) is 1. The van der Waals surface area contributed by atoms with E-state index in [0.29, 0.717) is 6.04 Å². The summed E-state index contributed by atoms with van der Waals surface area (Å²) in [5.74, 6) is 2.24. The van der Waals surface area contributed by atoms with Gasteiger partial charge in [0, 0.05) is 43.4 Å². The predicted octanol–water partition coefficient (Wildman–Crippen LogP) is 2.36. The van der Waals surface area contributed by atoms with Crippen molar-refractivity contribution in [2.45, 2.75) is 12.5 Å². The highest BCUT2D eigenvalue weighted by molar-refractivity contribution is 7.99. The monoisotopic (exact) mass is 254 g/mol. The molecule has 2 rings (SSSR count). The molecule has 1 fully saturated rings. The average Bonchev–Trinajstić information content (AvgIpc) is 2.37. The molecule has 1 aromatic rings. The first kappa shape index (κ1) is 12.7. The second-order valence-electron chi connectivity index (χ2n) is 4.42. The first-order valence-electron chi connectivity index (χ1n) is 6.03. The van der Waals surface area contributed by atoms with Gasteiger partial charge in [0.05, 0.1) is 0 Å². The summed E-state index contributed by atoms with van der Waals surface area (Å²) >= 11 is 2.01. The van der Waals surface area contributed by atoms with Crippen molar-refractivity contribution in [1.29, 1.82) is 0 Å². The third kappa shape index (κ3) is 3.89. The van der Waals surface area contributed by atoms with Crippen LogP contribution in [0.4, 0.5) is 10.1 Å². The molecule has 1 aromatic carbocycles. The minimum absolute atomic E-state index is 0.166. The second-order valence-corrected chi connectivity index (χ2v) is 5.57. The molecule has 0 aromatic heterocycles. The molecule has 0 amide bonds. The van der Waals surface area contributed by atoms with E-state index in [0.717, 1.165) is 25.2 Å².